The van der Waals surface area contributed by atoms with Gasteiger partial charge < -0.3 is 20.1 Å². The van der Waals surface area contributed by atoms with E-state index in [0.29, 0.717) is 35.3 Å². The maximum Gasteiger partial charge on any atom is 0.404 e. The van der Waals surface area contributed by atoms with E-state index in [2.05, 4.69) is 28.3 Å². The molecule has 188 valence electrons. The summed E-state index contributed by atoms with van der Waals surface area (Å²) in [5, 5.41) is 20.6. The molecule has 0 bridgehead atoms. The fraction of sp³-hybridized carbons (Fsp3) is 0.286. The topological polar surface area (TPSA) is 116 Å². The number of benzene rings is 2. The van der Waals surface area contributed by atoms with Crippen LogP contribution in [0.5, 0.6) is 5.88 Å². The fourth-order valence-electron chi connectivity index (χ4n) is 4.80. The van der Waals surface area contributed by atoms with Crippen LogP contribution in [-0.4, -0.2) is 57.2 Å². The molecule has 2 N–H and O–H groups in total. The van der Waals surface area contributed by atoms with Crippen LogP contribution in [0.3, 0.4) is 0 Å². The molecule has 1 saturated heterocycles. The number of hydrogen-bond acceptors (Lipinski definition) is 6. The highest BCUT2D eigenvalue weighted by atomic mass is 16.5. The molecule has 1 amide bonds. The molecule has 0 spiro atoms. The summed E-state index contributed by atoms with van der Waals surface area (Å²) in [6.45, 7) is 2.90. The van der Waals surface area contributed by atoms with Crippen LogP contribution < -0.4 is 10.1 Å². The number of carbonyl (C=O) groups is 1. The second kappa shape index (κ2) is 10.7. The lowest BCUT2D eigenvalue weighted by atomic mass is 10.00. The van der Waals surface area contributed by atoms with Crippen molar-refractivity contribution in [3.63, 3.8) is 0 Å². The van der Waals surface area contributed by atoms with Crippen LogP contribution in [0.2, 0.25) is 0 Å². The summed E-state index contributed by atoms with van der Waals surface area (Å²) in [6, 6.07) is 17.2. The molecule has 1 atom stereocenters. The molecular formula is C28H28N6O3. The second-order valence-corrected chi connectivity index (χ2v) is 9.36. The highest BCUT2D eigenvalue weighted by molar-refractivity contribution is 5.81. The molecule has 3 heterocycles. The number of likely N-dealkylation sites (tertiary alicyclic amines) is 1. The van der Waals surface area contributed by atoms with Gasteiger partial charge in [0.25, 0.3) is 5.88 Å². The van der Waals surface area contributed by atoms with Crippen molar-refractivity contribution < 1.29 is 14.6 Å². The quantitative estimate of drug-likeness (QED) is 0.389. The minimum absolute atomic E-state index is 0.222. The van der Waals surface area contributed by atoms with Gasteiger partial charge in [-0.25, -0.2) is 14.8 Å². The lowest BCUT2D eigenvalue weighted by molar-refractivity contribution is 0.148. The maximum absolute atomic E-state index is 10.9. The molecule has 9 nitrogen and oxygen atoms in total. The lowest BCUT2D eigenvalue weighted by Crippen LogP contribution is -2.34. The van der Waals surface area contributed by atoms with E-state index in [0.717, 1.165) is 48.3 Å². The zero-order valence-electron chi connectivity index (χ0n) is 20.6. The van der Waals surface area contributed by atoms with Crippen molar-refractivity contribution in [1.82, 2.24) is 24.6 Å². The molecule has 1 aliphatic rings. The van der Waals surface area contributed by atoms with E-state index in [9.17, 15) is 10.1 Å². The number of nitrogens with zero attached hydrogens (tertiary/aromatic N) is 5. The molecule has 1 aliphatic heterocycles. The number of nitriles is 1. The van der Waals surface area contributed by atoms with Gasteiger partial charge in [-0.2, -0.15) is 5.26 Å². The maximum atomic E-state index is 10.9. The zero-order valence-corrected chi connectivity index (χ0v) is 20.6. The van der Waals surface area contributed by atoms with Crippen LogP contribution in [0.15, 0.2) is 60.9 Å². The number of rotatable bonds is 7. The molecule has 2 aromatic carbocycles. The van der Waals surface area contributed by atoms with Crippen LogP contribution in [0.25, 0.3) is 28.2 Å². The number of fused-ring (bicyclic) bond motifs is 1. The predicted octanol–water partition coefficient (Wildman–Crippen LogP) is 4.42. The third-order valence-corrected chi connectivity index (χ3v) is 6.65. The Labute approximate surface area is 215 Å². The van der Waals surface area contributed by atoms with Gasteiger partial charge in [-0.3, -0.25) is 4.40 Å². The molecule has 9 heteroatoms. The molecule has 4 aromatic rings. The molecular weight excluding hydrogens is 468 g/mol. The molecule has 37 heavy (non-hydrogen) atoms. The Morgan fingerprint density at radius 3 is 2.65 bits per heavy atom. The van der Waals surface area contributed by atoms with Crippen molar-refractivity contribution in [2.45, 2.75) is 19.4 Å². The summed E-state index contributed by atoms with van der Waals surface area (Å²) >= 11 is 0. The number of imidazole rings is 1. The minimum Gasteiger partial charge on any atom is -0.475 e. The van der Waals surface area contributed by atoms with Crippen molar-refractivity contribution in [3.05, 3.63) is 72.1 Å². The van der Waals surface area contributed by atoms with E-state index in [1.165, 1.54) is 0 Å². The first kappa shape index (κ1) is 24.3. The number of ether oxygens (including phenoxy) is 1. The number of piperidine rings is 1. The number of carboxylic acid groups (broad SMARTS) is 1. The van der Waals surface area contributed by atoms with E-state index in [4.69, 9.17) is 14.8 Å². The Morgan fingerprint density at radius 2 is 1.95 bits per heavy atom. The summed E-state index contributed by atoms with van der Waals surface area (Å²) < 4.78 is 8.28. The zero-order chi connectivity index (χ0) is 25.8. The van der Waals surface area contributed by atoms with Gasteiger partial charge >= 0.3 is 6.09 Å². The van der Waals surface area contributed by atoms with Crippen LogP contribution in [0.1, 0.15) is 24.0 Å². The summed E-state index contributed by atoms with van der Waals surface area (Å²) in [5.41, 5.74) is 5.34. The third-order valence-electron chi connectivity index (χ3n) is 6.65. The van der Waals surface area contributed by atoms with E-state index in [-0.39, 0.29) is 6.54 Å². The third kappa shape index (κ3) is 5.39. The van der Waals surface area contributed by atoms with Gasteiger partial charge in [-0.05, 0) is 44.1 Å². The average molecular weight is 497 g/mol. The van der Waals surface area contributed by atoms with Crippen LogP contribution in [0, 0.1) is 17.2 Å². The Bertz CT molecular complexity index is 1440. The van der Waals surface area contributed by atoms with E-state index >= 15 is 0 Å². The first-order chi connectivity index (χ1) is 18.0. The standard InChI is InChI=1S/C28H28N6O3/c1-33-13-2-3-21(17-33)18-37-27-26-30-12-14-34(26)25(23-10-6-20(7-11-23)16-31-28(35)36)24(32-27)22-8-4-19(15-29)5-9-22/h4-12,14,21,31H,2-3,13,16-18H2,1H3,(H,35,36)/t21-/m1/s1. The van der Waals surface area contributed by atoms with E-state index in [1.807, 2.05) is 47.0 Å². The van der Waals surface area contributed by atoms with Crippen LogP contribution in [-0.2, 0) is 6.54 Å². The van der Waals surface area contributed by atoms with E-state index in [1.54, 1.807) is 18.3 Å². The molecule has 0 unspecified atom stereocenters. The number of nitrogens with one attached hydrogen (secondary N) is 1. The Kier molecular flexibility index (Phi) is 7.01. The van der Waals surface area contributed by atoms with E-state index < -0.39 is 6.09 Å². The lowest BCUT2D eigenvalue weighted by Gasteiger charge is -2.29. The first-order valence-electron chi connectivity index (χ1n) is 12.3. The number of aromatic nitrogens is 3. The summed E-state index contributed by atoms with van der Waals surface area (Å²) in [5.74, 6) is 0.907. The SMILES string of the molecule is CN1CCC[C@@H](COc2nc(-c3ccc(C#N)cc3)c(-c3ccc(CNC(=O)O)cc3)n3ccnc23)C1. The predicted molar refractivity (Wildman–Crippen MR) is 139 cm³/mol. The van der Waals surface area contributed by atoms with Gasteiger partial charge in [-0.1, -0.05) is 36.4 Å². The highest BCUT2D eigenvalue weighted by Gasteiger charge is 2.22. The summed E-state index contributed by atoms with van der Waals surface area (Å²) in [6.07, 6.45) is 4.84. The molecule has 0 aliphatic carbocycles. The largest absolute Gasteiger partial charge is 0.475 e. The van der Waals surface area contributed by atoms with Crippen molar-refractivity contribution >= 4 is 11.7 Å². The number of amides is 1. The monoisotopic (exact) mass is 496 g/mol. The highest BCUT2D eigenvalue weighted by Crippen LogP contribution is 2.35. The van der Waals surface area contributed by atoms with Gasteiger partial charge in [0, 0.05) is 42.5 Å². The molecule has 5 rings (SSSR count). The van der Waals surface area contributed by atoms with Crippen LogP contribution in [0.4, 0.5) is 4.79 Å². The number of hydrogen-bond donors (Lipinski definition) is 2. The van der Waals surface area contributed by atoms with Gasteiger partial charge in [0.05, 0.1) is 29.6 Å². The van der Waals surface area contributed by atoms with Crippen molar-refractivity contribution in [3.8, 4) is 34.5 Å². The van der Waals surface area contributed by atoms with Crippen molar-refractivity contribution in [2.24, 2.45) is 5.92 Å². The van der Waals surface area contributed by atoms with Gasteiger partial charge in [0.2, 0.25) is 5.65 Å². The second-order valence-electron chi connectivity index (χ2n) is 9.36. The molecule has 1 fully saturated rings. The Morgan fingerprint density at radius 1 is 1.19 bits per heavy atom. The van der Waals surface area contributed by atoms with Crippen molar-refractivity contribution in [1.29, 1.82) is 5.26 Å². The molecule has 0 saturated carbocycles. The molecule has 0 radical (unpaired) electrons. The minimum atomic E-state index is -1.06. The normalized spacial score (nSPS) is 15.8. The van der Waals surface area contributed by atoms with Gasteiger partial charge in [-0.15, -0.1) is 0 Å². The first-order valence-corrected chi connectivity index (χ1v) is 12.3. The molecule has 2 aromatic heterocycles. The van der Waals surface area contributed by atoms with Crippen LogP contribution >= 0.6 is 0 Å². The summed E-state index contributed by atoms with van der Waals surface area (Å²) in [7, 11) is 2.14. The fourth-order valence-corrected chi connectivity index (χ4v) is 4.80. The Balaban J connectivity index is 1.56. The van der Waals surface area contributed by atoms with Crippen molar-refractivity contribution in [2.75, 3.05) is 26.7 Å². The smallest absolute Gasteiger partial charge is 0.404 e. The summed E-state index contributed by atoms with van der Waals surface area (Å²) in [4.78, 5) is 22.7. The van der Waals surface area contributed by atoms with Gasteiger partial charge in [0.15, 0.2) is 0 Å². The van der Waals surface area contributed by atoms with Gasteiger partial charge in [0.1, 0.15) is 0 Å². The average Bonchev–Trinajstić information content (AvgIpc) is 3.41. The Hall–Kier alpha value is -4.42.